The van der Waals surface area contributed by atoms with Crippen molar-refractivity contribution in [3.63, 3.8) is 0 Å². The fraction of sp³-hybridized carbons (Fsp3) is 0.556. The van der Waals surface area contributed by atoms with Gasteiger partial charge in [0.1, 0.15) is 5.60 Å². The Kier molecular flexibility index (Phi) is 5.03. The number of carbonyl (C=O) groups is 1. The number of rotatable bonds is 3. The largest absolute Gasteiger partial charge is 0.375 e. The molecule has 0 aliphatic carbocycles. The number of benzene rings is 1. The number of morpholine rings is 1. The number of ether oxygens (including phenoxy) is 2. The molecule has 1 aromatic rings. The topological polar surface area (TPSA) is 74.6 Å². The van der Waals surface area contributed by atoms with Gasteiger partial charge in [0.25, 0.3) is 0 Å². The highest BCUT2D eigenvalue weighted by Gasteiger charge is 2.46. The Hall–Kier alpha value is -2.10. The van der Waals surface area contributed by atoms with E-state index in [2.05, 4.69) is 11.4 Å². The Labute approximate surface area is 142 Å². The lowest BCUT2D eigenvalue weighted by Crippen LogP contribution is -2.58. The maximum absolute atomic E-state index is 12.4. The van der Waals surface area contributed by atoms with Gasteiger partial charge in [0.15, 0.2) is 0 Å². The van der Waals surface area contributed by atoms with Crippen molar-refractivity contribution >= 4 is 6.03 Å². The van der Waals surface area contributed by atoms with Gasteiger partial charge in [0.05, 0.1) is 30.9 Å². The van der Waals surface area contributed by atoms with Crippen LogP contribution in [0.3, 0.4) is 0 Å². The molecule has 3 rings (SSSR count). The van der Waals surface area contributed by atoms with Gasteiger partial charge in [-0.05, 0) is 31.0 Å². The van der Waals surface area contributed by atoms with Crippen LogP contribution in [0.2, 0.25) is 0 Å². The first-order chi connectivity index (χ1) is 11.6. The molecule has 2 aliphatic heterocycles. The van der Waals surface area contributed by atoms with Crippen LogP contribution in [0.15, 0.2) is 24.3 Å². The summed E-state index contributed by atoms with van der Waals surface area (Å²) in [5.41, 5.74) is 1.34. The van der Waals surface area contributed by atoms with E-state index < -0.39 is 0 Å². The molecule has 1 spiro atoms. The number of nitriles is 1. The fourth-order valence-corrected chi connectivity index (χ4v) is 3.36. The van der Waals surface area contributed by atoms with Crippen molar-refractivity contribution in [2.24, 2.45) is 0 Å². The van der Waals surface area contributed by atoms with Crippen LogP contribution in [0.4, 0.5) is 4.79 Å². The summed E-state index contributed by atoms with van der Waals surface area (Å²) in [7, 11) is 0. The lowest BCUT2D eigenvalue weighted by atomic mass is 9.94. The lowest BCUT2D eigenvalue weighted by molar-refractivity contribution is -0.125. The third-order valence-electron chi connectivity index (χ3n) is 4.88. The third-order valence-corrected chi connectivity index (χ3v) is 4.88. The van der Waals surface area contributed by atoms with E-state index in [1.807, 2.05) is 30.0 Å². The van der Waals surface area contributed by atoms with Gasteiger partial charge in [-0.3, -0.25) is 0 Å². The maximum atomic E-state index is 12.4. The van der Waals surface area contributed by atoms with Crippen molar-refractivity contribution in [3.8, 4) is 6.07 Å². The van der Waals surface area contributed by atoms with E-state index in [0.29, 0.717) is 44.8 Å². The number of nitrogens with zero attached hydrogens (tertiary/aromatic N) is 2. The summed E-state index contributed by atoms with van der Waals surface area (Å²) < 4.78 is 11.6. The standard InChI is InChI=1S/C18H23N3O3/c1-14-18(6-9-23-14)13-21(8-10-24-18)17(22)20-7-5-15-3-2-4-16(11-15)12-19/h2-4,11,14H,5-10,13H2,1H3,(H,20,22)/t14-,18-/m1/s1. The Morgan fingerprint density at radius 3 is 3.12 bits per heavy atom. The molecule has 2 fully saturated rings. The summed E-state index contributed by atoms with van der Waals surface area (Å²) in [5, 5.41) is 11.9. The van der Waals surface area contributed by atoms with Crippen molar-refractivity contribution in [3.05, 3.63) is 35.4 Å². The van der Waals surface area contributed by atoms with Crippen LogP contribution in [0.5, 0.6) is 0 Å². The predicted octanol–water partition coefficient (Wildman–Crippen LogP) is 1.69. The van der Waals surface area contributed by atoms with E-state index in [-0.39, 0.29) is 17.7 Å². The first kappa shape index (κ1) is 16.7. The van der Waals surface area contributed by atoms with Crippen LogP contribution in [-0.4, -0.2) is 55.5 Å². The van der Waals surface area contributed by atoms with E-state index in [9.17, 15) is 4.79 Å². The van der Waals surface area contributed by atoms with E-state index >= 15 is 0 Å². The van der Waals surface area contributed by atoms with Gasteiger partial charge in [-0.15, -0.1) is 0 Å². The molecule has 128 valence electrons. The zero-order valence-electron chi connectivity index (χ0n) is 14.0. The highest BCUT2D eigenvalue weighted by atomic mass is 16.6. The van der Waals surface area contributed by atoms with E-state index in [1.165, 1.54) is 0 Å². The molecule has 2 atom stereocenters. The molecule has 0 saturated carbocycles. The SMILES string of the molecule is C[C@H]1OCC[C@@]12CN(C(=O)NCCc1cccc(C#N)c1)CCO2. The summed E-state index contributed by atoms with van der Waals surface area (Å²) in [6, 6.07) is 9.53. The van der Waals surface area contributed by atoms with Gasteiger partial charge in [-0.2, -0.15) is 5.26 Å². The first-order valence-electron chi connectivity index (χ1n) is 8.40. The number of urea groups is 1. The smallest absolute Gasteiger partial charge is 0.317 e. The minimum Gasteiger partial charge on any atom is -0.375 e. The van der Waals surface area contributed by atoms with Crippen molar-refractivity contribution < 1.29 is 14.3 Å². The summed E-state index contributed by atoms with van der Waals surface area (Å²) in [5.74, 6) is 0. The second kappa shape index (κ2) is 7.20. The molecule has 2 amide bonds. The summed E-state index contributed by atoms with van der Waals surface area (Å²) in [4.78, 5) is 14.2. The Balaban J connectivity index is 1.51. The molecule has 2 saturated heterocycles. The monoisotopic (exact) mass is 329 g/mol. The fourth-order valence-electron chi connectivity index (χ4n) is 3.36. The third kappa shape index (κ3) is 3.53. The van der Waals surface area contributed by atoms with E-state index in [1.54, 1.807) is 6.07 Å². The predicted molar refractivity (Wildman–Crippen MR) is 88.5 cm³/mol. The summed E-state index contributed by atoms with van der Waals surface area (Å²) >= 11 is 0. The van der Waals surface area contributed by atoms with Crippen molar-refractivity contribution in [1.82, 2.24) is 10.2 Å². The molecule has 0 aromatic heterocycles. The van der Waals surface area contributed by atoms with Crippen LogP contribution in [0.25, 0.3) is 0 Å². The number of amides is 2. The average molecular weight is 329 g/mol. The Morgan fingerprint density at radius 1 is 1.50 bits per heavy atom. The van der Waals surface area contributed by atoms with E-state index in [4.69, 9.17) is 14.7 Å². The molecule has 6 heteroatoms. The molecule has 0 unspecified atom stereocenters. The molecule has 0 radical (unpaired) electrons. The van der Waals surface area contributed by atoms with Gasteiger partial charge in [-0.1, -0.05) is 12.1 Å². The molecule has 1 aromatic carbocycles. The second-order valence-corrected chi connectivity index (χ2v) is 6.39. The average Bonchev–Trinajstić information content (AvgIpc) is 2.95. The van der Waals surface area contributed by atoms with Crippen LogP contribution < -0.4 is 5.32 Å². The first-order valence-corrected chi connectivity index (χ1v) is 8.40. The van der Waals surface area contributed by atoms with Gasteiger partial charge in [-0.25, -0.2) is 4.79 Å². The number of hydrogen-bond donors (Lipinski definition) is 1. The molecule has 1 N–H and O–H groups in total. The maximum Gasteiger partial charge on any atom is 0.317 e. The minimum absolute atomic E-state index is 0.0156. The molecule has 2 aliphatic rings. The molecule has 24 heavy (non-hydrogen) atoms. The highest BCUT2D eigenvalue weighted by molar-refractivity contribution is 5.74. The van der Waals surface area contributed by atoms with Crippen molar-refractivity contribution in [2.45, 2.75) is 31.5 Å². The summed E-state index contributed by atoms with van der Waals surface area (Å²) in [6.45, 7) is 4.96. The number of hydrogen-bond acceptors (Lipinski definition) is 4. The van der Waals surface area contributed by atoms with Crippen molar-refractivity contribution in [2.75, 3.05) is 32.8 Å². The zero-order valence-corrected chi connectivity index (χ0v) is 14.0. The Bertz CT molecular complexity index is 643. The summed E-state index contributed by atoms with van der Waals surface area (Å²) in [6.07, 6.45) is 1.55. The second-order valence-electron chi connectivity index (χ2n) is 6.39. The van der Waals surface area contributed by atoms with Gasteiger partial charge in [0.2, 0.25) is 0 Å². The minimum atomic E-state index is -0.350. The quantitative estimate of drug-likeness (QED) is 0.916. The lowest BCUT2D eigenvalue weighted by Gasteiger charge is -2.41. The van der Waals surface area contributed by atoms with E-state index in [0.717, 1.165) is 12.0 Å². The number of nitrogens with one attached hydrogen (secondary N) is 1. The Morgan fingerprint density at radius 2 is 2.38 bits per heavy atom. The highest BCUT2D eigenvalue weighted by Crippen LogP contribution is 2.32. The van der Waals surface area contributed by atoms with Gasteiger partial charge in [0, 0.05) is 26.1 Å². The van der Waals surface area contributed by atoms with Gasteiger partial charge >= 0.3 is 6.03 Å². The molecular formula is C18H23N3O3. The number of carbonyl (C=O) groups excluding carboxylic acids is 1. The molecular weight excluding hydrogens is 306 g/mol. The normalized spacial score (nSPS) is 26.3. The van der Waals surface area contributed by atoms with Crippen LogP contribution in [0, 0.1) is 11.3 Å². The molecule has 6 nitrogen and oxygen atoms in total. The molecule has 0 bridgehead atoms. The van der Waals surface area contributed by atoms with Crippen LogP contribution >= 0.6 is 0 Å². The van der Waals surface area contributed by atoms with Crippen LogP contribution in [0.1, 0.15) is 24.5 Å². The molecule has 2 heterocycles. The van der Waals surface area contributed by atoms with Gasteiger partial charge < -0.3 is 19.7 Å². The zero-order chi connectivity index (χ0) is 17.0. The van der Waals surface area contributed by atoms with Crippen LogP contribution in [-0.2, 0) is 15.9 Å². The van der Waals surface area contributed by atoms with Crippen molar-refractivity contribution in [1.29, 1.82) is 5.26 Å².